The zero-order valence-electron chi connectivity index (χ0n) is 21.3. The van der Waals surface area contributed by atoms with Crippen LogP contribution >= 0.6 is 34.9 Å². The Morgan fingerprint density at radius 1 is 1.11 bits per heavy atom. The lowest BCUT2D eigenvalue weighted by atomic mass is 9.91. The lowest BCUT2D eigenvalue weighted by molar-refractivity contribution is -0.136. The fourth-order valence-corrected chi connectivity index (χ4v) is 5.77. The van der Waals surface area contributed by atoms with Crippen molar-refractivity contribution in [1.82, 2.24) is 25.8 Å². The Labute approximate surface area is 235 Å². The minimum Gasteiger partial charge on any atom is -0.383 e. The molecule has 1 unspecified atom stereocenters. The molecule has 0 aliphatic heterocycles. The van der Waals surface area contributed by atoms with E-state index < -0.39 is 23.8 Å². The highest BCUT2D eigenvalue weighted by molar-refractivity contribution is 8.00. The second-order valence-corrected chi connectivity index (χ2v) is 12.5. The maximum absolute atomic E-state index is 13.6. The molecule has 3 aromatic rings. The molecule has 2 aromatic heterocycles. The maximum Gasteiger partial charge on any atom is 0.230 e. The molecule has 0 aliphatic rings. The number of hydrogen-bond acceptors (Lipinski definition) is 9. The average Bonchev–Trinajstić information content (AvgIpc) is 3.62. The minimum absolute atomic E-state index is 0.0334. The van der Waals surface area contributed by atoms with Crippen molar-refractivity contribution in [2.45, 2.75) is 55.8 Å². The third kappa shape index (κ3) is 10.2. The SMILES string of the molecule is CC(C)SCC(CC(=O)NCc1cccs1)C(=O)[C@@H](O)[C@H](Cc1ccccc1)NC(=O)CSc1ncn[nH]1. The molecule has 3 rings (SSSR count). The summed E-state index contributed by atoms with van der Waals surface area (Å²) in [6, 6.07) is 12.4. The fraction of sp³-hybridized carbons (Fsp3) is 0.423. The van der Waals surface area contributed by atoms with Gasteiger partial charge in [0.2, 0.25) is 11.8 Å². The smallest absolute Gasteiger partial charge is 0.230 e. The number of aromatic amines is 1. The number of thiophene rings is 1. The lowest BCUT2D eigenvalue weighted by Crippen LogP contribution is -2.51. The van der Waals surface area contributed by atoms with Crippen molar-refractivity contribution >= 4 is 52.5 Å². The summed E-state index contributed by atoms with van der Waals surface area (Å²) < 4.78 is 0. The van der Waals surface area contributed by atoms with Crippen molar-refractivity contribution in [1.29, 1.82) is 0 Å². The predicted molar refractivity (Wildman–Crippen MR) is 152 cm³/mol. The molecule has 4 N–H and O–H groups in total. The zero-order valence-corrected chi connectivity index (χ0v) is 23.8. The van der Waals surface area contributed by atoms with Gasteiger partial charge in [-0.05, 0) is 28.7 Å². The zero-order chi connectivity index (χ0) is 27.3. The molecule has 0 radical (unpaired) electrons. The Balaban J connectivity index is 1.69. The summed E-state index contributed by atoms with van der Waals surface area (Å²) in [7, 11) is 0. The van der Waals surface area contributed by atoms with Crippen LogP contribution in [-0.4, -0.2) is 66.8 Å². The van der Waals surface area contributed by atoms with Crippen molar-refractivity contribution in [3.05, 3.63) is 64.6 Å². The first kappa shape index (κ1) is 29.9. The van der Waals surface area contributed by atoms with Crippen LogP contribution in [0.2, 0.25) is 0 Å². The Bertz CT molecular complexity index is 1130. The van der Waals surface area contributed by atoms with Gasteiger partial charge >= 0.3 is 0 Å². The Hall–Kier alpha value is -2.67. The Morgan fingerprint density at radius 3 is 2.55 bits per heavy atom. The maximum atomic E-state index is 13.6. The van der Waals surface area contributed by atoms with E-state index in [-0.39, 0.29) is 35.7 Å². The molecule has 2 heterocycles. The number of nitrogens with zero attached hydrogens (tertiary/aromatic N) is 2. The number of nitrogens with one attached hydrogen (secondary N) is 3. The van der Waals surface area contributed by atoms with Gasteiger partial charge in [0.15, 0.2) is 10.9 Å². The number of aliphatic hydroxyl groups excluding tert-OH is 1. The standard InChI is InChI=1S/C26H33N5O4S3/c1-17(2)37-14-19(12-22(32)27-13-20-9-6-10-36-20)24(34)25(35)21(11-18-7-4-3-5-8-18)30-23(33)15-38-26-28-16-29-31-26/h3-10,16-17,19,21,25,35H,11-15H2,1-2H3,(H,27,32)(H,30,33)(H,28,29,31)/t19?,21-,25-/m0/s1. The number of H-pyrrole nitrogens is 1. The largest absolute Gasteiger partial charge is 0.383 e. The van der Waals surface area contributed by atoms with Crippen LogP contribution in [0.4, 0.5) is 0 Å². The summed E-state index contributed by atoms with van der Waals surface area (Å²) >= 11 is 4.28. The van der Waals surface area contributed by atoms with Crippen LogP contribution in [0.1, 0.15) is 30.7 Å². The van der Waals surface area contributed by atoms with Gasteiger partial charge in [0.1, 0.15) is 12.4 Å². The Kier molecular flexibility index (Phi) is 12.3. The van der Waals surface area contributed by atoms with Gasteiger partial charge in [0.05, 0.1) is 18.3 Å². The summed E-state index contributed by atoms with van der Waals surface area (Å²) in [5.74, 6) is -1.30. The second kappa shape index (κ2) is 15.7. The van der Waals surface area contributed by atoms with Crippen LogP contribution in [0, 0.1) is 5.92 Å². The van der Waals surface area contributed by atoms with E-state index in [0.29, 0.717) is 17.5 Å². The van der Waals surface area contributed by atoms with Crippen LogP contribution in [0.25, 0.3) is 0 Å². The van der Waals surface area contributed by atoms with Crippen LogP contribution in [-0.2, 0) is 27.3 Å². The first-order valence-electron chi connectivity index (χ1n) is 12.3. The fourth-order valence-electron chi connectivity index (χ4n) is 3.64. The van der Waals surface area contributed by atoms with Crippen LogP contribution in [0.15, 0.2) is 59.3 Å². The highest BCUT2D eigenvalue weighted by Gasteiger charge is 2.34. The van der Waals surface area contributed by atoms with E-state index in [2.05, 4.69) is 25.8 Å². The number of benzene rings is 1. The molecule has 12 heteroatoms. The third-order valence-corrected chi connectivity index (χ3v) is 8.57. The topological polar surface area (TPSA) is 137 Å². The van der Waals surface area contributed by atoms with E-state index in [0.717, 1.165) is 10.4 Å². The highest BCUT2D eigenvalue weighted by atomic mass is 32.2. The monoisotopic (exact) mass is 575 g/mol. The van der Waals surface area contributed by atoms with Crippen molar-refractivity contribution in [3.63, 3.8) is 0 Å². The molecule has 0 bridgehead atoms. The van der Waals surface area contributed by atoms with E-state index in [1.165, 1.54) is 18.1 Å². The average molecular weight is 576 g/mol. The molecule has 0 saturated heterocycles. The number of Topliss-reactive ketones (excluding diaryl/α,β-unsaturated/α-hetero) is 1. The van der Waals surface area contributed by atoms with Gasteiger partial charge in [0, 0.05) is 23.0 Å². The number of aliphatic hydroxyl groups is 1. The van der Waals surface area contributed by atoms with Gasteiger partial charge in [-0.2, -0.15) is 16.9 Å². The first-order valence-corrected chi connectivity index (χ1v) is 15.2. The molecule has 204 valence electrons. The van der Waals surface area contributed by atoms with Crippen LogP contribution in [0.3, 0.4) is 0 Å². The summed E-state index contributed by atoms with van der Waals surface area (Å²) in [5, 5.41) is 26.1. The number of amides is 2. The number of hydrogen-bond donors (Lipinski definition) is 4. The quantitative estimate of drug-likeness (QED) is 0.191. The van der Waals surface area contributed by atoms with E-state index >= 15 is 0 Å². The van der Waals surface area contributed by atoms with Crippen molar-refractivity contribution < 1.29 is 19.5 Å². The van der Waals surface area contributed by atoms with Gasteiger partial charge in [0.25, 0.3) is 0 Å². The van der Waals surface area contributed by atoms with E-state index in [4.69, 9.17) is 0 Å². The predicted octanol–water partition coefficient (Wildman–Crippen LogP) is 3.08. The summed E-state index contributed by atoms with van der Waals surface area (Å²) in [5.41, 5.74) is 0.870. The molecule has 9 nitrogen and oxygen atoms in total. The van der Waals surface area contributed by atoms with Gasteiger partial charge in [-0.15, -0.1) is 11.3 Å². The van der Waals surface area contributed by atoms with Gasteiger partial charge in [-0.1, -0.05) is 62.0 Å². The second-order valence-electron chi connectivity index (χ2n) is 8.93. The van der Waals surface area contributed by atoms with Gasteiger partial charge in [-0.3, -0.25) is 19.5 Å². The summed E-state index contributed by atoms with van der Waals surface area (Å²) in [6.45, 7) is 4.43. The van der Waals surface area contributed by atoms with E-state index in [1.54, 1.807) is 23.1 Å². The lowest BCUT2D eigenvalue weighted by Gasteiger charge is -2.27. The molecule has 38 heavy (non-hydrogen) atoms. The van der Waals surface area contributed by atoms with Gasteiger partial charge < -0.3 is 15.7 Å². The van der Waals surface area contributed by atoms with Crippen LogP contribution in [0.5, 0.6) is 0 Å². The number of rotatable bonds is 16. The molecular weight excluding hydrogens is 543 g/mol. The molecule has 3 atom stereocenters. The van der Waals surface area contributed by atoms with Gasteiger partial charge in [-0.25, -0.2) is 4.98 Å². The normalized spacial score (nSPS) is 13.6. The molecule has 0 spiro atoms. The molecule has 1 aromatic carbocycles. The minimum atomic E-state index is -1.47. The molecule has 0 fully saturated rings. The summed E-state index contributed by atoms with van der Waals surface area (Å²) in [4.78, 5) is 44.0. The number of carbonyl (C=O) groups is 3. The van der Waals surface area contributed by atoms with E-state index in [9.17, 15) is 19.5 Å². The van der Waals surface area contributed by atoms with Crippen molar-refractivity contribution in [2.75, 3.05) is 11.5 Å². The number of thioether (sulfide) groups is 2. The highest BCUT2D eigenvalue weighted by Crippen LogP contribution is 2.21. The van der Waals surface area contributed by atoms with Crippen LogP contribution < -0.4 is 10.6 Å². The molecule has 0 saturated carbocycles. The van der Waals surface area contributed by atoms with Crippen molar-refractivity contribution in [2.24, 2.45) is 5.92 Å². The number of ketones is 1. The third-order valence-electron chi connectivity index (χ3n) is 5.56. The van der Waals surface area contributed by atoms with Crippen molar-refractivity contribution in [3.8, 4) is 0 Å². The molecular formula is C26H33N5O4S3. The molecule has 2 amide bonds. The number of carbonyl (C=O) groups excluding carboxylic acids is 3. The Morgan fingerprint density at radius 2 is 1.89 bits per heavy atom. The summed E-state index contributed by atoms with van der Waals surface area (Å²) in [6.07, 6.45) is 0.111. The van der Waals surface area contributed by atoms with E-state index in [1.807, 2.05) is 61.7 Å². The first-order chi connectivity index (χ1) is 18.3. The molecule has 0 aliphatic carbocycles. The number of aromatic nitrogens is 3.